The van der Waals surface area contributed by atoms with E-state index < -0.39 is 17.7 Å². The second-order valence-electron chi connectivity index (χ2n) is 6.04. The van der Waals surface area contributed by atoms with E-state index in [9.17, 15) is 18.7 Å². The fraction of sp³-hybridized carbons (Fsp3) is 0.588. The van der Waals surface area contributed by atoms with Crippen molar-refractivity contribution in [3.8, 4) is 5.75 Å². The summed E-state index contributed by atoms with van der Waals surface area (Å²) in [6, 6.07) is 2.97. The molecule has 23 heavy (non-hydrogen) atoms. The third kappa shape index (κ3) is 5.16. The number of aliphatic hydroxyl groups excluding tert-OH is 1. The number of aliphatic hydroxyl groups is 1. The molecule has 0 aliphatic carbocycles. The van der Waals surface area contributed by atoms with Crippen LogP contribution in [-0.4, -0.2) is 41.2 Å². The molecule has 1 aliphatic rings. The first kappa shape index (κ1) is 17.7. The van der Waals surface area contributed by atoms with Crippen molar-refractivity contribution in [1.82, 2.24) is 4.90 Å². The highest BCUT2D eigenvalue weighted by atomic mass is 19.1. The van der Waals surface area contributed by atoms with Crippen LogP contribution in [0.4, 0.5) is 8.78 Å². The molecule has 2 atom stereocenters. The van der Waals surface area contributed by atoms with Crippen molar-refractivity contribution in [2.45, 2.75) is 51.2 Å². The number of rotatable bonds is 5. The van der Waals surface area contributed by atoms with Crippen LogP contribution in [0.1, 0.15) is 39.0 Å². The number of benzene rings is 1. The lowest BCUT2D eigenvalue weighted by atomic mass is 10.0. The Bertz CT molecular complexity index is 537. The number of amides is 1. The molecule has 0 saturated carbocycles. The van der Waals surface area contributed by atoms with Gasteiger partial charge in [-0.3, -0.25) is 4.79 Å². The number of carbonyl (C=O) groups excluding carboxylic acids is 1. The van der Waals surface area contributed by atoms with Crippen molar-refractivity contribution in [2.75, 3.05) is 13.2 Å². The van der Waals surface area contributed by atoms with Crippen molar-refractivity contribution < 1.29 is 23.4 Å². The highest BCUT2D eigenvalue weighted by molar-refractivity contribution is 5.78. The van der Waals surface area contributed by atoms with Crippen molar-refractivity contribution in [3.05, 3.63) is 29.8 Å². The molecule has 1 aromatic rings. The van der Waals surface area contributed by atoms with Crippen LogP contribution in [0.2, 0.25) is 0 Å². The SMILES string of the molecule is C[C@H](O)C[C@H]1CCCCCN1C(=O)COc1ccc(F)cc1F. The maximum absolute atomic E-state index is 13.5. The Morgan fingerprint density at radius 1 is 1.39 bits per heavy atom. The van der Waals surface area contributed by atoms with Crippen molar-refractivity contribution >= 4 is 5.91 Å². The maximum atomic E-state index is 13.5. The Hall–Kier alpha value is -1.69. The number of ether oxygens (including phenoxy) is 1. The number of nitrogens with zero attached hydrogens (tertiary/aromatic N) is 1. The monoisotopic (exact) mass is 327 g/mol. The average molecular weight is 327 g/mol. The molecule has 0 unspecified atom stereocenters. The molecular weight excluding hydrogens is 304 g/mol. The minimum Gasteiger partial charge on any atom is -0.481 e. The van der Waals surface area contributed by atoms with Crippen molar-refractivity contribution in [3.63, 3.8) is 0 Å². The second-order valence-corrected chi connectivity index (χ2v) is 6.04. The van der Waals surface area contributed by atoms with E-state index >= 15 is 0 Å². The molecule has 4 nitrogen and oxygen atoms in total. The normalized spacial score (nSPS) is 20.0. The molecule has 1 aliphatic heterocycles. The van der Waals surface area contributed by atoms with Crippen molar-refractivity contribution in [2.24, 2.45) is 0 Å². The molecule has 1 heterocycles. The summed E-state index contributed by atoms with van der Waals surface area (Å²) < 4.78 is 31.6. The van der Waals surface area contributed by atoms with Gasteiger partial charge in [0.15, 0.2) is 18.2 Å². The van der Waals surface area contributed by atoms with Gasteiger partial charge >= 0.3 is 0 Å². The lowest BCUT2D eigenvalue weighted by Crippen LogP contribution is -2.43. The highest BCUT2D eigenvalue weighted by Crippen LogP contribution is 2.22. The van der Waals surface area contributed by atoms with Crippen LogP contribution in [0.3, 0.4) is 0 Å². The summed E-state index contributed by atoms with van der Waals surface area (Å²) in [5.74, 6) is -1.89. The van der Waals surface area contributed by atoms with Gasteiger partial charge in [0.1, 0.15) is 5.82 Å². The molecule has 2 rings (SSSR count). The van der Waals surface area contributed by atoms with E-state index in [4.69, 9.17) is 4.74 Å². The molecule has 0 radical (unpaired) electrons. The fourth-order valence-electron chi connectivity index (χ4n) is 2.96. The number of carbonyl (C=O) groups is 1. The van der Waals surface area contributed by atoms with E-state index in [0.717, 1.165) is 37.8 Å². The minimum atomic E-state index is -0.825. The molecule has 0 bridgehead atoms. The predicted molar refractivity (Wildman–Crippen MR) is 82.1 cm³/mol. The first-order valence-corrected chi connectivity index (χ1v) is 8.02. The number of halogens is 2. The Labute approximate surface area is 135 Å². The van der Waals surface area contributed by atoms with Gasteiger partial charge in [0.2, 0.25) is 0 Å². The van der Waals surface area contributed by atoms with Crippen LogP contribution < -0.4 is 4.74 Å². The van der Waals surface area contributed by atoms with Crippen LogP contribution in [0.5, 0.6) is 5.75 Å². The summed E-state index contributed by atoms with van der Waals surface area (Å²) in [6.07, 6.45) is 3.87. The Kier molecular flexibility index (Phi) is 6.33. The molecule has 0 aromatic heterocycles. The van der Waals surface area contributed by atoms with Crippen LogP contribution in [0, 0.1) is 11.6 Å². The lowest BCUT2D eigenvalue weighted by molar-refractivity contribution is -0.136. The van der Waals surface area contributed by atoms with Gasteiger partial charge in [-0.25, -0.2) is 8.78 Å². The molecule has 0 spiro atoms. The van der Waals surface area contributed by atoms with Gasteiger partial charge in [-0.05, 0) is 38.3 Å². The number of hydrogen-bond donors (Lipinski definition) is 1. The second kappa shape index (κ2) is 8.24. The molecule has 1 aromatic carbocycles. The molecule has 6 heteroatoms. The van der Waals surface area contributed by atoms with Crippen LogP contribution in [0.25, 0.3) is 0 Å². The van der Waals surface area contributed by atoms with E-state index in [-0.39, 0.29) is 24.3 Å². The molecule has 1 saturated heterocycles. The zero-order valence-electron chi connectivity index (χ0n) is 13.3. The van der Waals surface area contributed by atoms with E-state index in [1.807, 2.05) is 0 Å². The van der Waals surface area contributed by atoms with Crippen molar-refractivity contribution in [1.29, 1.82) is 0 Å². The first-order chi connectivity index (χ1) is 11.0. The number of likely N-dealkylation sites (tertiary alicyclic amines) is 1. The van der Waals surface area contributed by atoms with Gasteiger partial charge in [0.25, 0.3) is 5.91 Å². The van der Waals surface area contributed by atoms with Crippen LogP contribution in [0.15, 0.2) is 18.2 Å². The highest BCUT2D eigenvalue weighted by Gasteiger charge is 2.26. The molecule has 1 fully saturated rings. The van der Waals surface area contributed by atoms with Gasteiger partial charge < -0.3 is 14.7 Å². The zero-order valence-corrected chi connectivity index (χ0v) is 13.3. The predicted octanol–water partition coefficient (Wildman–Crippen LogP) is 2.89. The Morgan fingerprint density at radius 3 is 2.87 bits per heavy atom. The molecule has 1 amide bonds. The Morgan fingerprint density at radius 2 is 2.17 bits per heavy atom. The standard InChI is InChI=1S/C17H23F2NO3/c1-12(21)9-14-5-3-2-4-8-20(14)17(22)11-23-16-7-6-13(18)10-15(16)19/h6-7,10,12,14,21H,2-5,8-9,11H2,1H3/t12-,14+/m0/s1. The van der Waals surface area contributed by atoms with E-state index in [1.54, 1.807) is 11.8 Å². The quantitative estimate of drug-likeness (QED) is 0.905. The largest absolute Gasteiger partial charge is 0.481 e. The average Bonchev–Trinajstić information content (AvgIpc) is 2.71. The van der Waals surface area contributed by atoms with Gasteiger partial charge in [0, 0.05) is 18.7 Å². The van der Waals surface area contributed by atoms with Crippen LogP contribution >= 0.6 is 0 Å². The summed E-state index contributed by atoms with van der Waals surface area (Å²) >= 11 is 0. The lowest BCUT2D eigenvalue weighted by Gasteiger charge is -2.31. The van der Waals surface area contributed by atoms with Gasteiger partial charge in [-0.1, -0.05) is 12.8 Å². The topological polar surface area (TPSA) is 49.8 Å². The smallest absolute Gasteiger partial charge is 0.260 e. The summed E-state index contributed by atoms with van der Waals surface area (Å²) in [5, 5.41) is 9.61. The van der Waals surface area contributed by atoms with E-state index in [0.29, 0.717) is 13.0 Å². The molecule has 1 N–H and O–H groups in total. The molecule has 128 valence electrons. The summed E-state index contributed by atoms with van der Waals surface area (Å²) in [5.41, 5.74) is 0. The van der Waals surface area contributed by atoms with Gasteiger partial charge in [-0.2, -0.15) is 0 Å². The molecular formula is C17H23F2NO3. The third-order valence-electron chi connectivity index (χ3n) is 4.06. The van der Waals surface area contributed by atoms with Crippen LogP contribution in [-0.2, 0) is 4.79 Å². The van der Waals surface area contributed by atoms with Gasteiger partial charge in [0.05, 0.1) is 6.10 Å². The first-order valence-electron chi connectivity index (χ1n) is 8.02. The Balaban J connectivity index is 1.98. The minimum absolute atomic E-state index is 0.0216. The summed E-state index contributed by atoms with van der Waals surface area (Å²) in [6.45, 7) is 2.03. The fourth-order valence-corrected chi connectivity index (χ4v) is 2.96. The van der Waals surface area contributed by atoms with E-state index in [2.05, 4.69) is 0 Å². The summed E-state index contributed by atoms with van der Waals surface area (Å²) in [7, 11) is 0. The zero-order chi connectivity index (χ0) is 16.8. The van der Waals surface area contributed by atoms with E-state index in [1.165, 1.54) is 6.07 Å². The maximum Gasteiger partial charge on any atom is 0.260 e. The number of hydrogen-bond acceptors (Lipinski definition) is 3. The van der Waals surface area contributed by atoms with Gasteiger partial charge in [-0.15, -0.1) is 0 Å². The third-order valence-corrected chi connectivity index (χ3v) is 4.06. The summed E-state index contributed by atoms with van der Waals surface area (Å²) in [4.78, 5) is 14.1.